The number of carbonyl (C=O) groups excluding carboxylic acids is 1. The van der Waals surface area contributed by atoms with Gasteiger partial charge in [0.05, 0.1) is 23.0 Å². The average molecular weight is 402 g/mol. The largest absolute Gasteiger partial charge is 0.417 e. The van der Waals surface area contributed by atoms with E-state index in [2.05, 4.69) is 10.1 Å². The van der Waals surface area contributed by atoms with Crippen LogP contribution < -0.4 is 0 Å². The number of amides is 1. The van der Waals surface area contributed by atoms with E-state index in [1.807, 2.05) is 44.2 Å². The predicted molar refractivity (Wildman–Crippen MR) is 103 cm³/mol. The molecule has 8 heteroatoms. The number of nitrogens with zero attached hydrogens (tertiary/aromatic N) is 4. The number of hydrogen-bond acceptors (Lipinski definition) is 3. The lowest BCUT2D eigenvalue weighted by molar-refractivity contribution is -0.137. The van der Waals surface area contributed by atoms with E-state index in [0.29, 0.717) is 17.8 Å². The standard InChI is InChI=1S/C21H21F3N4O/c1-14(2)19-17(20(29)27(3)13-15-7-5-4-6-8-15)12-26-28(19)18-10-9-16(11-25-18)21(22,23)24/h4-12,14H,13H2,1-3H3. The van der Waals surface area contributed by atoms with Crippen LogP contribution in [-0.2, 0) is 12.7 Å². The Labute approximate surface area is 166 Å². The molecule has 0 aliphatic heterocycles. The Balaban J connectivity index is 1.91. The van der Waals surface area contributed by atoms with Crippen LogP contribution in [-0.4, -0.2) is 32.6 Å². The fraction of sp³-hybridized carbons (Fsp3) is 0.286. The molecule has 29 heavy (non-hydrogen) atoms. The molecule has 2 aromatic heterocycles. The molecule has 0 aliphatic carbocycles. The van der Waals surface area contributed by atoms with Gasteiger partial charge in [-0.3, -0.25) is 4.79 Å². The first-order valence-corrected chi connectivity index (χ1v) is 9.09. The first-order chi connectivity index (χ1) is 13.7. The summed E-state index contributed by atoms with van der Waals surface area (Å²) in [4.78, 5) is 18.5. The van der Waals surface area contributed by atoms with Crippen molar-refractivity contribution < 1.29 is 18.0 Å². The van der Waals surface area contributed by atoms with Gasteiger partial charge in [-0.05, 0) is 23.6 Å². The lowest BCUT2D eigenvalue weighted by atomic mass is 10.0. The number of halogens is 3. The molecule has 0 radical (unpaired) electrons. The van der Waals surface area contributed by atoms with Crippen molar-refractivity contribution in [2.45, 2.75) is 32.5 Å². The minimum atomic E-state index is -4.46. The molecule has 0 unspecified atom stereocenters. The fourth-order valence-corrected chi connectivity index (χ4v) is 3.07. The van der Waals surface area contributed by atoms with Crippen molar-refractivity contribution in [1.29, 1.82) is 0 Å². The number of alkyl halides is 3. The van der Waals surface area contributed by atoms with Gasteiger partial charge in [-0.15, -0.1) is 0 Å². The molecule has 0 bridgehead atoms. The number of carbonyl (C=O) groups is 1. The van der Waals surface area contributed by atoms with Crippen LogP contribution in [0.4, 0.5) is 13.2 Å². The van der Waals surface area contributed by atoms with E-state index in [9.17, 15) is 18.0 Å². The van der Waals surface area contributed by atoms with Crippen LogP contribution in [0, 0.1) is 0 Å². The molecule has 2 heterocycles. The van der Waals surface area contributed by atoms with Gasteiger partial charge in [-0.25, -0.2) is 9.67 Å². The van der Waals surface area contributed by atoms with Crippen molar-refractivity contribution >= 4 is 5.91 Å². The van der Waals surface area contributed by atoms with Gasteiger partial charge in [-0.2, -0.15) is 18.3 Å². The summed E-state index contributed by atoms with van der Waals surface area (Å²) < 4.78 is 39.8. The van der Waals surface area contributed by atoms with Gasteiger partial charge in [0.25, 0.3) is 5.91 Å². The van der Waals surface area contributed by atoms with Crippen LogP contribution in [0.25, 0.3) is 5.82 Å². The van der Waals surface area contributed by atoms with Crippen molar-refractivity contribution in [2.75, 3.05) is 7.05 Å². The zero-order valence-electron chi connectivity index (χ0n) is 16.3. The SMILES string of the molecule is CC(C)c1c(C(=O)N(C)Cc2ccccc2)cnn1-c1ccc(C(F)(F)F)cn1. The lowest BCUT2D eigenvalue weighted by Gasteiger charge is -2.19. The summed E-state index contributed by atoms with van der Waals surface area (Å²) in [7, 11) is 1.70. The number of aromatic nitrogens is 3. The smallest absolute Gasteiger partial charge is 0.337 e. The zero-order chi connectivity index (χ0) is 21.2. The van der Waals surface area contributed by atoms with E-state index in [1.54, 1.807) is 11.9 Å². The molecule has 0 aliphatic rings. The van der Waals surface area contributed by atoms with Crippen LogP contribution in [0.5, 0.6) is 0 Å². The highest BCUT2D eigenvalue weighted by atomic mass is 19.4. The molecule has 5 nitrogen and oxygen atoms in total. The summed E-state index contributed by atoms with van der Waals surface area (Å²) in [5, 5.41) is 4.24. The molecule has 3 aromatic rings. The molecule has 1 amide bonds. The van der Waals surface area contributed by atoms with E-state index in [0.717, 1.165) is 17.8 Å². The van der Waals surface area contributed by atoms with E-state index in [-0.39, 0.29) is 17.6 Å². The second-order valence-electron chi connectivity index (χ2n) is 7.06. The molecular weight excluding hydrogens is 381 g/mol. The summed E-state index contributed by atoms with van der Waals surface area (Å²) in [5.74, 6) is -0.0761. The van der Waals surface area contributed by atoms with Gasteiger partial charge in [0.15, 0.2) is 5.82 Å². The van der Waals surface area contributed by atoms with Crippen LogP contribution in [0.1, 0.15) is 46.9 Å². The van der Waals surface area contributed by atoms with E-state index >= 15 is 0 Å². The molecule has 0 fully saturated rings. The zero-order valence-corrected chi connectivity index (χ0v) is 16.3. The lowest BCUT2D eigenvalue weighted by Crippen LogP contribution is -2.27. The topological polar surface area (TPSA) is 51.0 Å². The highest BCUT2D eigenvalue weighted by Gasteiger charge is 2.31. The number of rotatable bonds is 5. The Bertz CT molecular complexity index is 979. The number of benzene rings is 1. The maximum Gasteiger partial charge on any atom is 0.417 e. The fourth-order valence-electron chi connectivity index (χ4n) is 3.07. The summed E-state index contributed by atoms with van der Waals surface area (Å²) in [6.45, 7) is 4.22. The maximum absolute atomic E-state index is 13.0. The van der Waals surface area contributed by atoms with Crippen molar-refractivity contribution in [3.8, 4) is 5.82 Å². The van der Waals surface area contributed by atoms with Crippen molar-refractivity contribution in [1.82, 2.24) is 19.7 Å². The van der Waals surface area contributed by atoms with Crippen LogP contribution in [0.2, 0.25) is 0 Å². The molecule has 0 atom stereocenters. The van der Waals surface area contributed by atoms with Gasteiger partial charge in [-0.1, -0.05) is 44.2 Å². The average Bonchev–Trinajstić information content (AvgIpc) is 3.13. The Kier molecular flexibility index (Phi) is 5.72. The molecule has 0 spiro atoms. The van der Waals surface area contributed by atoms with E-state index in [4.69, 9.17) is 0 Å². The third-order valence-corrected chi connectivity index (χ3v) is 4.49. The Morgan fingerprint density at radius 3 is 2.34 bits per heavy atom. The van der Waals surface area contributed by atoms with E-state index < -0.39 is 11.7 Å². The molecule has 0 saturated carbocycles. The Hall–Kier alpha value is -3.16. The molecule has 0 N–H and O–H groups in total. The Morgan fingerprint density at radius 2 is 1.79 bits per heavy atom. The van der Waals surface area contributed by atoms with E-state index in [1.165, 1.54) is 16.9 Å². The molecule has 152 valence electrons. The van der Waals surface area contributed by atoms with Gasteiger partial charge >= 0.3 is 6.18 Å². The van der Waals surface area contributed by atoms with Crippen molar-refractivity contribution in [2.24, 2.45) is 0 Å². The van der Waals surface area contributed by atoms with Crippen LogP contribution >= 0.6 is 0 Å². The molecular formula is C21H21F3N4O. The number of pyridine rings is 1. The monoisotopic (exact) mass is 402 g/mol. The van der Waals surface area contributed by atoms with Crippen molar-refractivity contribution in [3.63, 3.8) is 0 Å². The number of hydrogen-bond donors (Lipinski definition) is 0. The summed E-state index contributed by atoms with van der Waals surface area (Å²) >= 11 is 0. The third-order valence-electron chi connectivity index (χ3n) is 4.49. The summed E-state index contributed by atoms with van der Waals surface area (Å²) in [6, 6.07) is 11.8. The first kappa shape index (κ1) is 20.6. The second-order valence-corrected chi connectivity index (χ2v) is 7.06. The summed E-state index contributed by atoms with van der Waals surface area (Å²) in [5.41, 5.74) is 1.16. The van der Waals surface area contributed by atoms with Gasteiger partial charge in [0, 0.05) is 19.8 Å². The van der Waals surface area contributed by atoms with Gasteiger partial charge in [0.2, 0.25) is 0 Å². The highest BCUT2D eigenvalue weighted by molar-refractivity contribution is 5.95. The second kappa shape index (κ2) is 8.06. The minimum Gasteiger partial charge on any atom is -0.337 e. The molecule has 0 saturated heterocycles. The predicted octanol–water partition coefficient (Wildman–Crippen LogP) is 4.68. The Morgan fingerprint density at radius 1 is 1.10 bits per heavy atom. The third kappa shape index (κ3) is 4.47. The molecule has 1 aromatic carbocycles. The van der Waals surface area contributed by atoms with Crippen LogP contribution in [0.15, 0.2) is 54.9 Å². The highest BCUT2D eigenvalue weighted by Crippen LogP contribution is 2.29. The summed E-state index contributed by atoms with van der Waals surface area (Å²) in [6.07, 6.45) is -2.25. The van der Waals surface area contributed by atoms with Gasteiger partial charge < -0.3 is 4.90 Å². The van der Waals surface area contributed by atoms with Crippen molar-refractivity contribution in [3.05, 3.63) is 77.2 Å². The first-order valence-electron chi connectivity index (χ1n) is 9.09. The normalized spacial score (nSPS) is 11.7. The van der Waals surface area contributed by atoms with Gasteiger partial charge in [0.1, 0.15) is 0 Å². The maximum atomic E-state index is 13.0. The quantitative estimate of drug-likeness (QED) is 0.623. The molecule has 3 rings (SSSR count). The van der Waals surface area contributed by atoms with Crippen LogP contribution in [0.3, 0.4) is 0 Å². The minimum absolute atomic E-state index is 0.0920.